The van der Waals surface area contributed by atoms with E-state index >= 15 is 0 Å². The van der Waals surface area contributed by atoms with Gasteiger partial charge in [-0.1, -0.05) is 6.07 Å². The maximum Gasteiger partial charge on any atom is 0.161 e. The van der Waals surface area contributed by atoms with Crippen molar-refractivity contribution in [2.24, 2.45) is 0 Å². The summed E-state index contributed by atoms with van der Waals surface area (Å²) in [5, 5.41) is 0. The Morgan fingerprint density at radius 3 is 2.63 bits per heavy atom. The molecule has 1 aromatic rings. The molecule has 0 aromatic heterocycles. The third-order valence-corrected chi connectivity index (χ3v) is 3.34. The van der Waals surface area contributed by atoms with Crippen LogP contribution >= 0.6 is 0 Å². The van der Waals surface area contributed by atoms with E-state index in [0.717, 1.165) is 17.8 Å². The topological polar surface area (TPSA) is 38.8 Å². The van der Waals surface area contributed by atoms with Crippen molar-refractivity contribution >= 4 is 11.9 Å². The lowest BCUT2D eigenvalue weighted by atomic mass is 10.0. The molecule has 19 heavy (non-hydrogen) atoms. The van der Waals surface area contributed by atoms with E-state index in [1.165, 1.54) is 0 Å². The number of ketones is 1. The molecule has 1 saturated heterocycles. The Balaban J connectivity index is 2.29. The largest absolute Gasteiger partial charge is 0.493 e. The van der Waals surface area contributed by atoms with E-state index in [9.17, 15) is 4.79 Å². The molecule has 0 saturated carbocycles. The molecule has 0 spiro atoms. The van der Waals surface area contributed by atoms with E-state index in [0.29, 0.717) is 30.1 Å². The van der Waals surface area contributed by atoms with Crippen LogP contribution in [0.4, 0.5) is 0 Å². The van der Waals surface area contributed by atoms with Crippen molar-refractivity contribution in [2.75, 3.05) is 27.8 Å². The van der Waals surface area contributed by atoms with Crippen molar-refractivity contribution in [2.45, 2.75) is 12.8 Å². The van der Waals surface area contributed by atoms with Crippen molar-refractivity contribution < 1.29 is 14.3 Å². The second-order valence-electron chi connectivity index (χ2n) is 4.64. The number of carbonyl (C=O) groups excluding carboxylic acids is 1. The zero-order valence-corrected chi connectivity index (χ0v) is 11.6. The molecule has 1 aliphatic heterocycles. The van der Waals surface area contributed by atoms with Gasteiger partial charge in [-0.05, 0) is 23.8 Å². The Morgan fingerprint density at radius 2 is 1.95 bits per heavy atom. The first kappa shape index (κ1) is 13.5. The van der Waals surface area contributed by atoms with E-state index in [2.05, 4.69) is 4.90 Å². The average Bonchev–Trinajstić information content (AvgIpc) is 2.42. The Labute approximate surface area is 113 Å². The van der Waals surface area contributed by atoms with Gasteiger partial charge in [0.15, 0.2) is 11.5 Å². The Kier molecular flexibility index (Phi) is 4.10. The fourth-order valence-electron chi connectivity index (χ4n) is 2.16. The molecular weight excluding hydrogens is 242 g/mol. The van der Waals surface area contributed by atoms with Gasteiger partial charge in [0.2, 0.25) is 0 Å². The van der Waals surface area contributed by atoms with E-state index in [1.807, 2.05) is 31.3 Å². The van der Waals surface area contributed by atoms with Gasteiger partial charge in [-0.25, -0.2) is 0 Å². The molecule has 0 bridgehead atoms. The number of methoxy groups -OCH3 is 2. The predicted molar refractivity (Wildman–Crippen MR) is 74.4 cm³/mol. The van der Waals surface area contributed by atoms with Crippen LogP contribution in [0.5, 0.6) is 11.5 Å². The van der Waals surface area contributed by atoms with Crippen LogP contribution in [0.25, 0.3) is 6.08 Å². The summed E-state index contributed by atoms with van der Waals surface area (Å²) in [6, 6.07) is 5.75. The van der Waals surface area contributed by atoms with Gasteiger partial charge in [0.25, 0.3) is 0 Å². The standard InChI is InChI=1S/C15H19NO3/c1-16-7-6-13(17)10-12(16)8-11-4-5-14(18-2)15(9-11)19-3/h4-5,8-9H,6-7,10H2,1-3H3/b12-8+. The normalized spacial score (nSPS) is 17.7. The zero-order chi connectivity index (χ0) is 13.8. The number of carbonyl (C=O) groups is 1. The van der Waals surface area contributed by atoms with Crippen LogP contribution in [0.1, 0.15) is 18.4 Å². The van der Waals surface area contributed by atoms with E-state index in [4.69, 9.17) is 9.47 Å². The number of ether oxygens (including phenoxy) is 2. The molecule has 4 nitrogen and oxygen atoms in total. The molecule has 1 aromatic carbocycles. The lowest BCUT2D eigenvalue weighted by Crippen LogP contribution is -2.28. The van der Waals surface area contributed by atoms with E-state index < -0.39 is 0 Å². The van der Waals surface area contributed by atoms with Crippen molar-refractivity contribution in [1.29, 1.82) is 0 Å². The van der Waals surface area contributed by atoms with E-state index in [-0.39, 0.29) is 0 Å². The van der Waals surface area contributed by atoms with Crippen LogP contribution < -0.4 is 9.47 Å². The van der Waals surface area contributed by atoms with Gasteiger partial charge in [0, 0.05) is 32.1 Å². The Hall–Kier alpha value is -1.97. The van der Waals surface area contributed by atoms with Crippen molar-refractivity contribution in [1.82, 2.24) is 4.90 Å². The van der Waals surface area contributed by atoms with Crippen LogP contribution in [0, 0.1) is 0 Å². The molecule has 1 aliphatic rings. The minimum Gasteiger partial charge on any atom is -0.493 e. The number of piperidine rings is 1. The lowest BCUT2D eigenvalue weighted by molar-refractivity contribution is -0.120. The quantitative estimate of drug-likeness (QED) is 0.837. The highest BCUT2D eigenvalue weighted by atomic mass is 16.5. The first-order valence-electron chi connectivity index (χ1n) is 6.29. The average molecular weight is 261 g/mol. The summed E-state index contributed by atoms with van der Waals surface area (Å²) in [6.07, 6.45) is 3.17. The Bertz CT molecular complexity index is 508. The molecule has 0 radical (unpaired) electrons. The highest BCUT2D eigenvalue weighted by Gasteiger charge is 2.17. The zero-order valence-electron chi connectivity index (χ0n) is 11.6. The molecule has 102 valence electrons. The first-order chi connectivity index (χ1) is 9.13. The van der Waals surface area contributed by atoms with E-state index in [1.54, 1.807) is 14.2 Å². The fourth-order valence-corrected chi connectivity index (χ4v) is 2.16. The predicted octanol–water partition coefficient (Wildman–Crippen LogP) is 2.34. The molecule has 1 fully saturated rings. The number of hydrogen-bond acceptors (Lipinski definition) is 4. The second-order valence-corrected chi connectivity index (χ2v) is 4.64. The highest BCUT2D eigenvalue weighted by molar-refractivity contribution is 5.83. The van der Waals surface area contributed by atoms with Gasteiger partial charge in [-0.3, -0.25) is 4.79 Å². The van der Waals surface area contributed by atoms with Crippen molar-refractivity contribution in [3.63, 3.8) is 0 Å². The molecule has 0 aliphatic carbocycles. The molecule has 1 heterocycles. The molecule has 0 unspecified atom stereocenters. The number of allylic oxidation sites excluding steroid dienone is 1. The van der Waals surface area contributed by atoms with Crippen LogP contribution in [0.2, 0.25) is 0 Å². The molecule has 0 atom stereocenters. The first-order valence-corrected chi connectivity index (χ1v) is 6.29. The van der Waals surface area contributed by atoms with Gasteiger partial charge in [-0.15, -0.1) is 0 Å². The summed E-state index contributed by atoms with van der Waals surface area (Å²) in [5.41, 5.74) is 2.05. The van der Waals surface area contributed by atoms with Crippen LogP contribution in [0.15, 0.2) is 23.9 Å². The summed E-state index contributed by atoms with van der Waals surface area (Å²) in [5.74, 6) is 1.70. The third-order valence-electron chi connectivity index (χ3n) is 3.34. The van der Waals surface area contributed by atoms with Crippen LogP contribution in [0.3, 0.4) is 0 Å². The summed E-state index contributed by atoms with van der Waals surface area (Å²) < 4.78 is 10.5. The smallest absolute Gasteiger partial charge is 0.161 e. The second kappa shape index (κ2) is 5.78. The van der Waals surface area contributed by atoms with Gasteiger partial charge >= 0.3 is 0 Å². The Morgan fingerprint density at radius 1 is 1.21 bits per heavy atom. The monoisotopic (exact) mass is 261 g/mol. The molecule has 0 amide bonds. The van der Waals surface area contributed by atoms with Gasteiger partial charge in [0.1, 0.15) is 5.78 Å². The SMILES string of the molecule is COc1ccc(/C=C2\CC(=O)CCN2C)cc1OC. The lowest BCUT2D eigenvalue weighted by Gasteiger charge is -2.26. The molecule has 4 heteroatoms. The molecule has 0 N–H and O–H groups in total. The summed E-state index contributed by atoms with van der Waals surface area (Å²) >= 11 is 0. The number of likely N-dealkylation sites (tertiary alicyclic amines) is 1. The fraction of sp³-hybridized carbons (Fsp3) is 0.400. The number of nitrogens with zero attached hydrogens (tertiary/aromatic N) is 1. The van der Waals surface area contributed by atoms with Crippen molar-refractivity contribution in [3.05, 3.63) is 29.5 Å². The number of Topliss-reactive ketones (excluding diaryl/α,β-unsaturated/α-hetero) is 1. The van der Waals surface area contributed by atoms with Crippen LogP contribution in [-0.2, 0) is 4.79 Å². The number of rotatable bonds is 3. The minimum absolute atomic E-state index is 0.296. The molecular formula is C15H19NO3. The van der Waals surface area contributed by atoms with Gasteiger partial charge in [-0.2, -0.15) is 0 Å². The maximum absolute atomic E-state index is 11.5. The number of hydrogen-bond donors (Lipinski definition) is 0. The minimum atomic E-state index is 0.296. The third kappa shape index (κ3) is 3.08. The highest BCUT2D eigenvalue weighted by Crippen LogP contribution is 2.29. The van der Waals surface area contributed by atoms with Gasteiger partial charge < -0.3 is 14.4 Å². The summed E-state index contributed by atoms with van der Waals surface area (Å²) in [7, 11) is 5.24. The summed E-state index contributed by atoms with van der Waals surface area (Å²) in [6.45, 7) is 0.790. The van der Waals surface area contributed by atoms with Crippen molar-refractivity contribution in [3.8, 4) is 11.5 Å². The molecule has 2 rings (SSSR count). The maximum atomic E-state index is 11.5. The number of benzene rings is 1. The van der Waals surface area contributed by atoms with Crippen LogP contribution in [-0.4, -0.2) is 38.5 Å². The summed E-state index contributed by atoms with van der Waals surface area (Å²) in [4.78, 5) is 13.6. The van der Waals surface area contributed by atoms with Gasteiger partial charge in [0.05, 0.1) is 14.2 Å².